The molecule has 5 aromatic rings. The van der Waals surface area contributed by atoms with Gasteiger partial charge in [-0.15, -0.1) is 0 Å². The number of hydrogen-bond donors (Lipinski definition) is 3. The lowest BCUT2D eigenvalue weighted by atomic mass is 10.1. The number of aromatic nitrogens is 6. The lowest BCUT2D eigenvalue weighted by Crippen LogP contribution is -2.21. The van der Waals surface area contributed by atoms with E-state index in [4.69, 9.17) is 4.98 Å². The number of allylic oxidation sites excluding steroid dienone is 1. The van der Waals surface area contributed by atoms with Gasteiger partial charge in [0.05, 0.1) is 34.9 Å². The number of fused-ring (bicyclic) bond motifs is 2. The zero-order valence-corrected chi connectivity index (χ0v) is 21.2. The van der Waals surface area contributed by atoms with E-state index < -0.39 is 15.8 Å². The number of nitrogens with one attached hydrogen (secondary N) is 3. The summed E-state index contributed by atoms with van der Waals surface area (Å²) in [6.45, 7) is 5.19. The van der Waals surface area contributed by atoms with Gasteiger partial charge in [0.1, 0.15) is 23.4 Å². The molecule has 0 aliphatic carbocycles. The molecule has 1 aromatic carbocycles. The van der Waals surface area contributed by atoms with Crippen molar-refractivity contribution >= 4 is 50.6 Å². The topological polar surface area (TPSA) is 154 Å². The van der Waals surface area contributed by atoms with E-state index in [0.717, 1.165) is 22.7 Å². The Kier molecular flexibility index (Phi) is 6.61. The third-order valence-electron chi connectivity index (χ3n) is 5.66. The summed E-state index contributed by atoms with van der Waals surface area (Å²) in [4.78, 5) is 24.6. The van der Waals surface area contributed by atoms with E-state index in [1.807, 2.05) is 13.0 Å². The molecule has 192 valence electrons. The maximum Gasteiger partial charge on any atom is 0.209 e. The van der Waals surface area contributed by atoms with Crippen molar-refractivity contribution in [1.82, 2.24) is 34.9 Å². The van der Waals surface area contributed by atoms with Crippen LogP contribution in [0.1, 0.15) is 18.2 Å². The fourth-order valence-corrected chi connectivity index (χ4v) is 4.36. The Morgan fingerprint density at radius 3 is 2.82 bits per heavy atom. The van der Waals surface area contributed by atoms with Crippen molar-refractivity contribution in [2.45, 2.75) is 13.5 Å². The maximum atomic E-state index is 14.5. The summed E-state index contributed by atoms with van der Waals surface area (Å²) in [5.41, 5.74) is 5.38. The largest absolute Gasteiger partial charge is 0.336 e. The van der Waals surface area contributed by atoms with Crippen molar-refractivity contribution in [2.75, 3.05) is 6.26 Å². The van der Waals surface area contributed by atoms with Crippen molar-refractivity contribution in [1.29, 1.82) is 0 Å². The molecule has 5 rings (SSSR count). The van der Waals surface area contributed by atoms with Gasteiger partial charge in [0.15, 0.2) is 5.82 Å². The summed E-state index contributed by atoms with van der Waals surface area (Å²) < 4.78 is 39.8. The summed E-state index contributed by atoms with van der Waals surface area (Å²) in [7, 11) is -3.44. The Hall–Kier alpha value is -4.62. The molecule has 0 aliphatic heterocycles. The molecule has 0 radical (unpaired) electrons. The van der Waals surface area contributed by atoms with E-state index in [9.17, 15) is 12.8 Å². The molecule has 38 heavy (non-hydrogen) atoms. The first kappa shape index (κ1) is 25.0. The normalized spacial score (nSPS) is 12.7. The van der Waals surface area contributed by atoms with Crippen LogP contribution in [0.25, 0.3) is 50.3 Å². The van der Waals surface area contributed by atoms with Crippen LogP contribution in [0.15, 0.2) is 58.9 Å². The van der Waals surface area contributed by atoms with Gasteiger partial charge in [-0.1, -0.05) is 0 Å². The molecular weight excluding hydrogens is 509 g/mol. The predicted octanol–water partition coefficient (Wildman–Crippen LogP) is 3.84. The SMILES string of the molecule is C=NC=N/C=C(\C)c1cc2c(-c3nc4c(-c5cc(F)cc(CNS(C)(=O)=O)c5)nccc4[nH]3)n[nH]c2cn1. The summed E-state index contributed by atoms with van der Waals surface area (Å²) in [6.07, 6.45) is 7.30. The number of benzene rings is 1. The average molecular weight is 532 g/mol. The Morgan fingerprint density at radius 2 is 2.03 bits per heavy atom. The Morgan fingerprint density at radius 1 is 1.18 bits per heavy atom. The van der Waals surface area contributed by atoms with Gasteiger partial charge in [-0.2, -0.15) is 5.10 Å². The minimum Gasteiger partial charge on any atom is -0.336 e. The highest BCUT2D eigenvalue weighted by Gasteiger charge is 2.17. The second-order valence-electron chi connectivity index (χ2n) is 8.53. The summed E-state index contributed by atoms with van der Waals surface area (Å²) in [5, 5.41) is 8.20. The highest BCUT2D eigenvalue weighted by molar-refractivity contribution is 7.88. The zero-order chi connectivity index (χ0) is 26.9. The van der Waals surface area contributed by atoms with Crippen LogP contribution in [0.5, 0.6) is 0 Å². The van der Waals surface area contributed by atoms with E-state index >= 15 is 0 Å². The van der Waals surface area contributed by atoms with E-state index in [2.05, 4.69) is 46.6 Å². The fourth-order valence-electron chi connectivity index (χ4n) is 3.93. The van der Waals surface area contributed by atoms with Crippen LogP contribution in [0, 0.1) is 5.82 Å². The van der Waals surface area contributed by atoms with Crippen LogP contribution in [0.3, 0.4) is 0 Å². The number of hydrogen-bond acceptors (Lipinski definition) is 7. The van der Waals surface area contributed by atoms with Gasteiger partial charge in [-0.3, -0.25) is 20.1 Å². The first-order valence-electron chi connectivity index (χ1n) is 11.3. The predicted molar refractivity (Wildman–Crippen MR) is 146 cm³/mol. The first-order valence-corrected chi connectivity index (χ1v) is 13.2. The fraction of sp³-hybridized carbons (Fsp3) is 0.120. The maximum absolute atomic E-state index is 14.5. The monoisotopic (exact) mass is 531 g/mol. The van der Waals surface area contributed by atoms with Gasteiger partial charge in [-0.05, 0) is 55.1 Å². The Bertz CT molecular complexity index is 1860. The highest BCUT2D eigenvalue weighted by Crippen LogP contribution is 2.31. The minimum atomic E-state index is -3.44. The molecule has 0 atom stereocenters. The van der Waals surface area contributed by atoms with Crippen LogP contribution < -0.4 is 4.72 Å². The molecule has 0 unspecified atom stereocenters. The zero-order valence-electron chi connectivity index (χ0n) is 20.4. The molecule has 11 nitrogen and oxygen atoms in total. The molecule has 0 bridgehead atoms. The van der Waals surface area contributed by atoms with Crippen LogP contribution >= 0.6 is 0 Å². The van der Waals surface area contributed by atoms with E-state index in [0.29, 0.717) is 45.1 Å². The second kappa shape index (κ2) is 10.0. The van der Waals surface area contributed by atoms with Gasteiger partial charge in [-0.25, -0.2) is 27.5 Å². The number of aromatic amines is 2. The summed E-state index contributed by atoms with van der Waals surface area (Å²) in [5.74, 6) is -0.0270. The highest BCUT2D eigenvalue weighted by atomic mass is 32.2. The minimum absolute atomic E-state index is 0.0513. The molecule has 0 amide bonds. The first-order chi connectivity index (χ1) is 18.2. The molecule has 3 N–H and O–H groups in total. The average Bonchev–Trinajstić information content (AvgIpc) is 3.50. The number of H-pyrrole nitrogens is 2. The van der Waals surface area contributed by atoms with Crippen LogP contribution in [0.2, 0.25) is 0 Å². The molecule has 4 heterocycles. The Labute approximate surface area is 216 Å². The molecule has 0 fully saturated rings. The van der Waals surface area contributed by atoms with Crippen molar-refractivity contribution in [2.24, 2.45) is 9.98 Å². The van der Waals surface area contributed by atoms with Crippen molar-refractivity contribution < 1.29 is 12.8 Å². The van der Waals surface area contributed by atoms with Crippen molar-refractivity contribution in [3.63, 3.8) is 0 Å². The van der Waals surface area contributed by atoms with Crippen LogP contribution in [0.4, 0.5) is 4.39 Å². The molecule has 0 saturated heterocycles. The number of nitrogens with zero attached hydrogens (tertiary/aromatic N) is 6. The third kappa shape index (κ3) is 5.23. The standard InChI is InChI=1S/C25H22FN9O2S/c1-14(10-28-13-27-2)20-9-18-21(12-30-20)34-35-23(18)25-32-19-4-5-29-22(24(19)33-25)16-6-15(7-17(26)8-16)11-31-38(3,36)37/h4-10,12-13,31H,2,11H2,1,3H3,(H,32,33)(H,34,35)/b14-10+,28-13?. The number of halogens is 1. The number of rotatable bonds is 8. The molecule has 13 heteroatoms. The van der Waals surface area contributed by atoms with Crippen LogP contribution in [-0.4, -0.2) is 57.9 Å². The van der Waals surface area contributed by atoms with Crippen LogP contribution in [-0.2, 0) is 16.6 Å². The Balaban J connectivity index is 1.57. The van der Waals surface area contributed by atoms with E-state index in [1.54, 1.807) is 30.7 Å². The lowest BCUT2D eigenvalue weighted by molar-refractivity contribution is 0.586. The van der Waals surface area contributed by atoms with Crippen molar-refractivity contribution in [3.05, 3.63) is 66.0 Å². The lowest BCUT2D eigenvalue weighted by Gasteiger charge is -2.07. The smallest absolute Gasteiger partial charge is 0.209 e. The molecular formula is C25H22FN9O2S. The van der Waals surface area contributed by atoms with Gasteiger partial charge >= 0.3 is 0 Å². The quantitative estimate of drug-likeness (QED) is 0.204. The molecule has 4 aromatic heterocycles. The van der Waals surface area contributed by atoms with Gasteiger partial charge in [0.25, 0.3) is 0 Å². The van der Waals surface area contributed by atoms with E-state index in [1.165, 1.54) is 18.5 Å². The number of aliphatic imine (C=N–C) groups is 2. The van der Waals surface area contributed by atoms with Gasteiger partial charge < -0.3 is 4.98 Å². The van der Waals surface area contributed by atoms with E-state index in [-0.39, 0.29) is 6.54 Å². The third-order valence-corrected chi connectivity index (χ3v) is 6.33. The van der Waals surface area contributed by atoms with Gasteiger partial charge in [0, 0.05) is 29.9 Å². The number of sulfonamides is 1. The van der Waals surface area contributed by atoms with Crippen molar-refractivity contribution in [3.8, 4) is 22.8 Å². The summed E-state index contributed by atoms with van der Waals surface area (Å²) >= 11 is 0. The van der Waals surface area contributed by atoms with Gasteiger partial charge in [0.2, 0.25) is 10.0 Å². The molecule has 0 spiro atoms. The second-order valence-corrected chi connectivity index (χ2v) is 10.4. The molecule has 0 aliphatic rings. The number of imidazole rings is 1. The molecule has 0 saturated carbocycles. The summed E-state index contributed by atoms with van der Waals surface area (Å²) in [6, 6.07) is 7.94. The number of pyridine rings is 2.